The van der Waals surface area contributed by atoms with Crippen molar-refractivity contribution in [3.63, 3.8) is 0 Å². The summed E-state index contributed by atoms with van der Waals surface area (Å²) in [6, 6.07) is 6.08. The van der Waals surface area contributed by atoms with E-state index < -0.39 is 0 Å². The third-order valence-electron chi connectivity index (χ3n) is 5.88. The summed E-state index contributed by atoms with van der Waals surface area (Å²) in [7, 11) is 0. The smallest absolute Gasteiger partial charge is 0.321 e. The topological polar surface area (TPSA) is 61.4 Å². The maximum atomic E-state index is 13.3. The molecule has 1 aromatic rings. The van der Waals surface area contributed by atoms with Crippen molar-refractivity contribution < 1.29 is 14.0 Å². The van der Waals surface area contributed by atoms with Gasteiger partial charge in [-0.25, -0.2) is 9.18 Å². The molecule has 0 unspecified atom stereocenters. The Hall–Kier alpha value is -2.11. The van der Waals surface area contributed by atoms with E-state index in [0.29, 0.717) is 37.2 Å². The minimum atomic E-state index is -0.367. The molecule has 5 nitrogen and oxygen atoms in total. The van der Waals surface area contributed by atoms with Gasteiger partial charge in [0.2, 0.25) is 5.91 Å². The Kier molecular flexibility index (Phi) is 7.69. The zero-order valence-electron chi connectivity index (χ0n) is 16.6. The van der Waals surface area contributed by atoms with Crippen molar-refractivity contribution in [2.24, 2.45) is 5.92 Å². The number of halogens is 1. The molecule has 2 N–H and O–H groups in total. The van der Waals surface area contributed by atoms with Crippen molar-refractivity contribution >= 4 is 17.6 Å². The molecule has 1 aliphatic carbocycles. The molecule has 0 spiro atoms. The van der Waals surface area contributed by atoms with Crippen LogP contribution in [0.25, 0.3) is 0 Å². The van der Waals surface area contributed by atoms with Gasteiger partial charge in [-0.05, 0) is 56.2 Å². The molecule has 1 atom stereocenters. The van der Waals surface area contributed by atoms with E-state index >= 15 is 0 Å². The first-order valence-electron chi connectivity index (χ1n) is 10.7. The summed E-state index contributed by atoms with van der Waals surface area (Å²) >= 11 is 0. The van der Waals surface area contributed by atoms with Gasteiger partial charge in [-0.1, -0.05) is 31.7 Å². The number of hydrogen-bond acceptors (Lipinski definition) is 2. The molecule has 1 aliphatic heterocycles. The van der Waals surface area contributed by atoms with Gasteiger partial charge in [0.15, 0.2) is 0 Å². The average Bonchev–Trinajstić information content (AvgIpc) is 2.95. The first-order valence-corrected chi connectivity index (χ1v) is 10.7. The van der Waals surface area contributed by atoms with Crippen LogP contribution < -0.4 is 10.6 Å². The van der Waals surface area contributed by atoms with Crippen LogP contribution in [-0.4, -0.2) is 36.0 Å². The van der Waals surface area contributed by atoms with Gasteiger partial charge in [0, 0.05) is 31.2 Å². The molecule has 0 bridgehead atoms. The maximum Gasteiger partial charge on any atom is 0.321 e. The average molecular weight is 390 g/mol. The Bertz CT molecular complexity index is 659. The fourth-order valence-electron chi connectivity index (χ4n) is 4.31. The van der Waals surface area contributed by atoms with Crippen molar-refractivity contribution in [3.05, 3.63) is 30.1 Å². The molecule has 1 heterocycles. The Morgan fingerprint density at radius 1 is 1.07 bits per heavy atom. The van der Waals surface area contributed by atoms with Crippen LogP contribution in [-0.2, 0) is 4.79 Å². The summed E-state index contributed by atoms with van der Waals surface area (Å²) in [5, 5.41) is 5.97. The van der Waals surface area contributed by atoms with E-state index in [4.69, 9.17) is 0 Å². The van der Waals surface area contributed by atoms with E-state index in [9.17, 15) is 14.0 Å². The molecule has 2 aliphatic rings. The second kappa shape index (κ2) is 10.4. The summed E-state index contributed by atoms with van der Waals surface area (Å²) < 4.78 is 13.3. The number of benzene rings is 1. The number of amides is 3. The van der Waals surface area contributed by atoms with Crippen LogP contribution in [0, 0.1) is 11.7 Å². The number of carbonyl (C=O) groups excluding carboxylic acids is 2. The van der Waals surface area contributed by atoms with E-state index in [1.165, 1.54) is 37.8 Å². The van der Waals surface area contributed by atoms with Gasteiger partial charge in [0.25, 0.3) is 0 Å². The van der Waals surface area contributed by atoms with Gasteiger partial charge in [0.05, 0.1) is 0 Å². The monoisotopic (exact) mass is 389 g/mol. The van der Waals surface area contributed by atoms with Crippen LogP contribution in [0.1, 0.15) is 64.2 Å². The highest BCUT2D eigenvalue weighted by Gasteiger charge is 2.24. The highest BCUT2D eigenvalue weighted by Crippen LogP contribution is 2.23. The predicted octanol–water partition coefficient (Wildman–Crippen LogP) is 4.69. The Labute approximate surface area is 167 Å². The zero-order chi connectivity index (χ0) is 19.8. The summed E-state index contributed by atoms with van der Waals surface area (Å²) in [5.41, 5.74) is 0.468. The number of rotatable bonds is 5. The largest absolute Gasteiger partial charge is 0.353 e. The van der Waals surface area contributed by atoms with E-state index in [1.807, 2.05) is 0 Å². The minimum Gasteiger partial charge on any atom is -0.353 e. The van der Waals surface area contributed by atoms with E-state index in [-0.39, 0.29) is 17.8 Å². The number of likely N-dealkylation sites (tertiary alicyclic amines) is 1. The molecule has 3 rings (SSSR count). The van der Waals surface area contributed by atoms with Crippen molar-refractivity contribution in [2.45, 2.75) is 70.3 Å². The summed E-state index contributed by atoms with van der Waals surface area (Å²) in [6.07, 6.45) is 10.5. The van der Waals surface area contributed by atoms with Crippen molar-refractivity contribution in [2.75, 3.05) is 18.4 Å². The summed E-state index contributed by atoms with van der Waals surface area (Å²) in [5.74, 6) is 0.120. The lowest BCUT2D eigenvalue weighted by molar-refractivity contribution is -0.122. The minimum absolute atomic E-state index is 0.147. The highest BCUT2D eigenvalue weighted by molar-refractivity contribution is 5.89. The third kappa shape index (κ3) is 6.50. The van der Waals surface area contributed by atoms with Crippen LogP contribution in [0.2, 0.25) is 0 Å². The molecule has 28 heavy (non-hydrogen) atoms. The maximum absolute atomic E-state index is 13.3. The lowest BCUT2D eigenvalue weighted by atomic mass is 9.93. The molecule has 0 aromatic heterocycles. The SMILES string of the molecule is O=C(CC[C@H]1CCCN(C(=O)Nc2cccc(F)c2)C1)NC1CCCCCC1. The first-order chi connectivity index (χ1) is 13.6. The summed E-state index contributed by atoms with van der Waals surface area (Å²) in [6.45, 7) is 1.35. The Morgan fingerprint density at radius 2 is 1.86 bits per heavy atom. The van der Waals surface area contributed by atoms with Crippen molar-refractivity contribution in [3.8, 4) is 0 Å². The number of nitrogens with one attached hydrogen (secondary N) is 2. The standard InChI is InChI=1S/C22H32FN3O2/c23-18-8-5-11-20(15-18)25-22(28)26-14-6-7-17(16-26)12-13-21(27)24-19-9-3-1-2-4-10-19/h5,8,11,15,17,19H,1-4,6-7,9-10,12-14,16H2,(H,24,27)(H,25,28)/t17-/m1/s1. The van der Waals surface area contributed by atoms with Crippen LogP contribution in [0.5, 0.6) is 0 Å². The lowest BCUT2D eigenvalue weighted by Crippen LogP contribution is -2.42. The fraction of sp³-hybridized carbons (Fsp3) is 0.636. The summed E-state index contributed by atoms with van der Waals surface area (Å²) in [4.78, 5) is 26.6. The normalized spacial score (nSPS) is 21.0. The van der Waals surface area contributed by atoms with Crippen LogP contribution >= 0.6 is 0 Å². The van der Waals surface area contributed by atoms with E-state index in [2.05, 4.69) is 10.6 Å². The predicted molar refractivity (Wildman–Crippen MR) is 109 cm³/mol. The van der Waals surface area contributed by atoms with Crippen LogP contribution in [0.3, 0.4) is 0 Å². The van der Waals surface area contributed by atoms with Gasteiger partial charge in [-0.3, -0.25) is 4.79 Å². The molecule has 1 saturated heterocycles. The molecule has 154 valence electrons. The molecule has 6 heteroatoms. The van der Waals surface area contributed by atoms with Gasteiger partial charge in [-0.15, -0.1) is 0 Å². The first kappa shape index (κ1) is 20.6. The number of piperidine rings is 1. The Balaban J connectivity index is 1.41. The number of urea groups is 1. The number of carbonyl (C=O) groups is 2. The van der Waals surface area contributed by atoms with E-state index in [0.717, 1.165) is 32.1 Å². The lowest BCUT2D eigenvalue weighted by Gasteiger charge is -2.32. The van der Waals surface area contributed by atoms with Crippen LogP contribution in [0.4, 0.5) is 14.9 Å². The van der Waals surface area contributed by atoms with Gasteiger partial charge in [0.1, 0.15) is 5.82 Å². The molecule has 1 aromatic carbocycles. The third-order valence-corrected chi connectivity index (χ3v) is 5.88. The fourth-order valence-corrected chi connectivity index (χ4v) is 4.31. The van der Waals surface area contributed by atoms with Crippen molar-refractivity contribution in [1.82, 2.24) is 10.2 Å². The highest BCUT2D eigenvalue weighted by atomic mass is 19.1. The number of nitrogens with zero attached hydrogens (tertiary/aromatic N) is 1. The number of anilines is 1. The van der Waals surface area contributed by atoms with Gasteiger partial charge < -0.3 is 15.5 Å². The number of hydrogen-bond donors (Lipinski definition) is 2. The van der Waals surface area contributed by atoms with Crippen molar-refractivity contribution in [1.29, 1.82) is 0 Å². The molecular weight excluding hydrogens is 357 g/mol. The van der Waals surface area contributed by atoms with Gasteiger partial charge >= 0.3 is 6.03 Å². The van der Waals surface area contributed by atoms with Crippen LogP contribution in [0.15, 0.2) is 24.3 Å². The quantitative estimate of drug-likeness (QED) is 0.718. The second-order valence-corrected chi connectivity index (χ2v) is 8.19. The molecule has 2 fully saturated rings. The van der Waals surface area contributed by atoms with E-state index in [1.54, 1.807) is 17.0 Å². The molecular formula is C22H32FN3O2. The Morgan fingerprint density at radius 3 is 2.61 bits per heavy atom. The van der Waals surface area contributed by atoms with Gasteiger partial charge in [-0.2, -0.15) is 0 Å². The molecule has 0 radical (unpaired) electrons. The molecule has 1 saturated carbocycles. The molecule has 3 amide bonds. The zero-order valence-corrected chi connectivity index (χ0v) is 16.6. The second-order valence-electron chi connectivity index (χ2n) is 8.19.